The normalized spacial score (nSPS) is 24.0. The molecule has 0 amide bonds. The fourth-order valence-corrected chi connectivity index (χ4v) is 2.21. The fraction of sp³-hybridized carbons (Fsp3) is 0.538. The number of morpholine rings is 1. The van der Waals surface area contributed by atoms with Gasteiger partial charge < -0.3 is 15.4 Å². The molecule has 0 spiro atoms. The molecule has 20 heavy (non-hydrogen) atoms. The number of benzene rings is 1. The molecule has 0 bridgehead atoms. The Kier molecular flexibility index (Phi) is 4.19. The quantitative estimate of drug-likeness (QED) is 0.851. The van der Waals surface area contributed by atoms with Crippen molar-refractivity contribution in [3.63, 3.8) is 0 Å². The summed E-state index contributed by atoms with van der Waals surface area (Å²) in [5, 5.41) is 0. The Labute approximate surface area is 114 Å². The van der Waals surface area contributed by atoms with Crippen molar-refractivity contribution >= 4 is 5.69 Å². The number of hydrogen-bond donors (Lipinski definition) is 1. The first-order chi connectivity index (χ1) is 9.32. The van der Waals surface area contributed by atoms with Gasteiger partial charge in [0.05, 0.1) is 24.0 Å². The van der Waals surface area contributed by atoms with Crippen molar-refractivity contribution in [3.8, 4) is 0 Å². The van der Waals surface area contributed by atoms with Gasteiger partial charge in [-0.25, -0.2) is 4.39 Å². The molecular formula is C13H16F4N2O. The van der Waals surface area contributed by atoms with Crippen LogP contribution in [0.2, 0.25) is 0 Å². The molecule has 7 heteroatoms. The van der Waals surface area contributed by atoms with Crippen LogP contribution < -0.4 is 10.6 Å². The van der Waals surface area contributed by atoms with Crippen LogP contribution in [0.15, 0.2) is 18.2 Å². The minimum atomic E-state index is -4.55. The van der Waals surface area contributed by atoms with E-state index in [1.807, 2.05) is 6.92 Å². The van der Waals surface area contributed by atoms with Gasteiger partial charge in [-0.05, 0) is 25.1 Å². The number of ether oxygens (including phenoxy) is 1. The van der Waals surface area contributed by atoms with Crippen molar-refractivity contribution in [1.29, 1.82) is 0 Å². The van der Waals surface area contributed by atoms with Gasteiger partial charge in [-0.15, -0.1) is 0 Å². The topological polar surface area (TPSA) is 38.5 Å². The fourth-order valence-electron chi connectivity index (χ4n) is 2.21. The molecule has 1 saturated heterocycles. The van der Waals surface area contributed by atoms with Crippen LogP contribution in [0, 0.1) is 5.82 Å². The summed E-state index contributed by atoms with van der Waals surface area (Å²) in [6.45, 7) is 2.83. The first kappa shape index (κ1) is 15.1. The molecule has 3 nitrogen and oxygen atoms in total. The van der Waals surface area contributed by atoms with Crippen molar-refractivity contribution < 1.29 is 22.3 Å². The Hall–Kier alpha value is -1.34. The van der Waals surface area contributed by atoms with E-state index in [9.17, 15) is 17.6 Å². The summed E-state index contributed by atoms with van der Waals surface area (Å²) in [6, 6.07) is 2.45. The molecule has 2 unspecified atom stereocenters. The Bertz CT molecular complexity index is 478. The summed E-state index contributed by atoms with van der Waals surface area (Å²) in [5.41, 5.74) is 4.67. The van der Waals surface area contributed by atoms with Gasteiger partial charge in [0.2, 0.25) is 0 Å². The molecule has 1 aliphatic rings. The van der Waals surface area contributed by atoms with Gasteiger partial charge in [-0.1, -0.05) is 0 Å². The van der Waals surface area contributed by atoms with Crippen LogP contribution in [0.5, 0.6) is 0 Å². The van der Waals surface area contributed by atoms with Gasteiger partial charge in [0.25, 0.3) is 0 Å². The van der Waals surface area contributed by atoms with Crippen LogP contribution in [0.25, 0.3) is 0 Å². The van der Waals surface area contributed by atoms with Crippen molar-refractivity contribution in [3.05, 3.63) is 29.6 Å². The highest BCUT2D eigenvalue weighted by Gasteiger charge is 2.33. The van der Waals surface area contributed by atoms with Gasteiger partial charge in [0.1, 0.15) is 5.82 Å². The first-order valence-corrected chi connectivity index (χ1v) is 6.28. The van der Waals surface area contributed by atoms with E-state index in [4.69, 9.17) is 10.5 Å². The number of hydrogen-bond acceptors (Lipinski definition) is 3. The molecule has 1 fully saturated rings. The Morgan fingerprint density at radius 1 is 1.40 bits per heavy atom. The van der Waals surface area contributed by atoms with E-state index in [1.54, 1.807) is 4.90 Å². The average molecular weight is 292 g/mol. The van der Waals surface area contributed by atoms with Crippen LogP contribution in [0.4, 0.5) is 23.2 Å². The number of anilines is 1. The third-order valence-corrected chi connectivity index (χ3v) is 3.35. The molecule has 1 aromatic rings. The summed E-state index contributed by atoms with van der Waals surface area (Å²) >= 11 is 0. The Morgan fingerprint density at radius 3 is 2.65 bits per heavy atom. The predicted octanol–water partition coefficient (Wildman–Crippen LogP) is 2.40. The molecule has 2 N–H and O–H groups in total. The molecule has 0 aromatic heterocycles. The second-order valence-electron chi connectivity index (χ2n) is 4.86. The molecule has 1 aromatic carbocycles. The predicted molar refractivity (Wildman–Crippen MR) is 67.0 cm³/mol. The summed E-state index contributed by atoms with van der Waals surface area (Å²) < 4.78 is 57.0. The standard InChI is InChI=1S/C13H16F4N2O/c1-8-7-20-10(5-18)6-19(8)12-3-2-9(4-11(12)14)13(15,16)17/h2-4,8,10H,5-7,18H2,1H3. The van der Waals surface area contributed by atoms with E-state index >= 15 is 0 Å². The molecule has 2 rings (SSSR count). The van der Waals surface area contributed by atoms with E-state index < -0.39 is 17.6 Å². The number of halogens is 4. The maximum Gasteiger partial charge on any atom is 0.416 e. The van der Waals surface area contributed by atoms with E-state index in [0.29, 0.717) is 19.2 Å². The lowest BCUT2D eigenvalue weighted by Gasteiger charge is -2.39. The third-order valence-electron chi connectivity index (χ3n) is 3.35. The highest BCUT2D eigenvalue weighted by Crippen LogP contribution is 2.33. The minimum absolute atomic E-state index is 0.121. The van der Waals surface area contributed by atoms with Crippen LogP contribution in [-0.2, 0) is 10.9 Å². The van der Waals surface area contributed by atoms with Gasteiger partial charge in [-0.3, -0.25) is 0 Å². The van der Waals surface area contributed by atoms with E-state index in [1.165, 1.54) is 0 Å². The number of alkyl halides is 3. The smallest absolute Gasteiger partial charge is 0.373 e. The zero-order valence-electron chi connectivity index (χ0n) is 11.0. The molecule has 0 radical (unpaired) electrons. The second kappa shape index (κ2) is 5.57. The monoisotopic (exact) mass is 292 g/mol. The number of rotatable bonds is 2. The van der Waals surface area contributed by atoms with Gasteiger partial charge >= 0.3 is 6.18 Å². The molecule has 112 valence electrons. The minimum Gasteiger partial charge on any atom is -0.373 e. The van der Waals surface area contributed by atoms with Crippen molar-refractivity contribution in [2.45, 2.75) is 25.2 Å². The maximum absolute atomic E-state index is 14.0. The van der Waals surface area contributed by atoms with Gasteiger partial charge in [0.15, 0.2) is 0 Å². The van der Waals surface area contributed by atoms with Gasteiger partial charge in [0, 0.05) is 19.1 Å². The van der Waals surface area contributed by atoms with E-state index in [0.717, 1.165) is 12.1 Å². The summed E-state index contributed by atoms with van der Waals surface area (Å²) in [6.07, 6.45) is -4.79. The highest BCUT2D eigenvalue weighted by atomic mass is 19.4. The van der Waals surface area contributed by atoms with Crippen LogP contribution in [0.1, 0.15) is 12.5 Å². The largest absolute Gasteiger partial charge is 0.416 e. The molecular weight excluding hydrogens is 276 g/mol. The van der Waals surface area contributed by atoms with E-state index in [-0.39, 0.29) is 24.4 Å². The summed E-state index contributed by atoms with van der Waals surface area (Å²) in [7, 11) is 0. The van der Waals surface area contributed by atoms with Crippen LogP contribution >= 0.6 is 0 Å². The molecule has 0 aliphatic carbocycles. The zero-order chi connectivity index (χ0) is 14.9. The lowest BCUT2D eigenvalue weighted by Crippen LogP contribution is -2.51. The zero-order valence-corrected chi connectivity index (χ0v) is 11.0. The van der Waals surface area contributed by atoms with Crippen LogP contribution in [-0.4, -0.2) is 31.8 Å². The first-order valence-electron chi connectivity index (χ1n) is 6.28. The van der Waals surface area contributed by atoms with Gasteiger partial charge in [-0.2, -0.15) is 13.2 Å². The average Bonchev–Trinajstić information content (AvgIpc) is 2.38. The molecule has 0 saturated carbocycles. The molecule has 1 heterocycles. The van der Waals surface area contributed by atoms with E-state index in [2.05, 4.69) is 0 Å². The lowest BCUT2D eigenvalue weighted by atomic mass is 10.1. The number of nitrogens with zero attached hydrogens (tertiary/aromatic N) is 1. The van der Waals surface area contributed by atoms with Crippen molar-refractivity contribution in [2.75, 3.05) is 24.6 Å². The molecule has 1 aliphatic heterocycles. The third kappa shape index (κ3) is 3.04. The van der Waals surface area contributed by atoms with Crippen LogP contribution in [0.3, 0.4) is 0 Å². The van der Waals surface area contributed by atoms with Crippen molar-refractivity contribution in [1.82, 2.24) is 0 Å². The Morgan fingerprint density at radius 2 is 2.10 bits per heavy atom. The second-order valence-corrected chi connectivity index (χ2v) is 4.86. The maximum atomic E-state index is 14.0. The number of nitrogens with two attached hydrogens (primary N) is 1. The Balaban J connectivity index is 2.28. The SMILES string of the molecule is CC1COC(CN)CN1c1ccc(C(F)(F)F)cc1F. The molecule has 2 atom stereocenters. The van der Waals surface area contributed by atoms with Crippen molar-refractivity contribution in [2.24, 2.45) is 5.73 Å². The summed E-state index contributed by atoms with van der Waals surface area (Å²) in [4.78, 5) is 1.69. The highest BCUT2D eigenvalue weighted by molar-refractivity contribution is 5.51. The summed E-state index contributed by atoms with van der Waals surface area (Å²) in [5.74, 6) is -0.885. The lowest BCUT2D eigenvalue weighted by molar-refractivity contribution is -0.137.